The van der Waals surface area contributed by atoms with Gasteiger partial charge in [-0.25, -0.2) is 4.99 Å². The van der Waals surface area contributed by atoms with Gasteiger partial charge in [0.2, 0.25) is 5.91 Å². The number of anilines is 1. The van der Waals surface area contributed by atoms with E-state index in [-0.39, 0.29) is 24.1 Å². The van der Waals surface area contributed by atoms with E-state index in [4.69, 9.17) is 14.2 Å². The van der Waals surface area contributed by atoms with Gasteiger partial charge < -0.3 is 30.2 Å². The van der Waals surface area contributed by atoms with Gasteiger partial charge in [-0.3, -0.25) is 4.79 Å². The van der Waals surface area contributed by atoms with Crippen molar-refractivity contribution in [1.29, 1.82) is 0 Å². The van der Waals surface area contributed by atoms with Crippen molar-refractivity contribution in [3.8, 4) is 5.75 Å². The normalized spacial score (nSPS) is 12.0. The molecule has 0 aliphatic rings. The van der Waals surface area contributed by atoms with Crippen LogP contribution >= 0.6 is 0 Å². The lowest BCUT2D eigenvalue weighted by molar-refractivity contribution is -0.121. The molecule has 0 spiro atoms. The third kappa shape index (κ3) is 13.0. The van der Waals surface area contributed by atoms with Gasteiger partial charge in [-0.1, -0.05) is 0 Å². The summed E-state index contributed by atoms with van der Waals surface area (Å²) in [5, 5.41) is 9.38. The quantitative estimate of drug-likeness (QED) is 0.272. The van der Waals surface area contributed by atoms with Gasteiger partial charge in [0, 0.05) is 31.5 Å². The summed E-state index contributed by atoms with van der Waals surface area (Å²) in [6, 6.07) is 7.63. The van der Waals surface area contributed by atoms with Gasteiger partial charge in [0.15, 0.2) is 5.96 Å². The maximum absolute atomic E-state index is 12.1. The van der Waals surface area contributed by atoms with Crippen molar-refractivity contribution in [3.05, 3.63) is 24.3 Å². The van der Waals surface area contributed by atoms with Gasteiger partial charge in [-0.15, -0.1) is 0 Å². The van der Waals surface area contributed by atoms with Crippen LogP contribution in [0.1, 0.15) is 41.0 Å². The molecule has 0 bridgehead atoms. The molecule has 0 saturated heterocycles. The van der Waals surface area contributed by atoms with E-state index >= 15 is 0 Å². The van der Waals surface area contributed by atoms with Crippen LogP contribution in [0.5, 0.6) is 5.75 Å². The van der Waals surface area contributed by atoms with Crippen LogP contribution < -0.4 is 20.7 Å². The molecule has 30 heavy (non-hydrogen) atoms. The first-order chi connectivity index (χ1) is 14.2. The highest BCUT2D eigenvalue weighted by molar-refractivity contribution is 5.95. The molecule has 0 unspecified atom stereocenters. The first-order valence-electron chi connectivity index (χ1n) is 10.4. The third-order valence-electron chi connectivity index (χ3n) is 3.57. The molecule has 1 amide bonds. The maximum atomic E-state index is 12.1. The van der Waals surface area contributed by atoms with E-state index < -0.39 is 0 Å². The van der Waals surface area contributed by atoms with E-state index in [1.54, 1.807) is 7.11 Å². The standard InChI is InChI=1S/C22H38N4O4/c1-17(2)30-19-10-8-18(9-11-19)25-21(23-12-7-13-29-15-14-28-6)24-16-20(27)26-22(3,4)5/h8-11,17H,7,12-16H2,1-6H3,(H,26,27)(H2,23,24,25). The van der Waals surface area contributed by atoms with E-state index in [9.17, 15) is 4.79 Å². The van der Waals surface area contributed by atoms with E-state index in [0.717, 1.165) is 17.9 Å². The van der Waals surface area contributed by atoms with Gasteiger partial charge in [0.1, 0.15) is 12.3 Å². The molecule has 8 heteroatoms. The SMILES string of the molecule is COCCOCCCNC(=NCC(=O)NC(C)(C)C)Nc1ccc(OC(C)C)cc1. The van der Waals surface area contributed by atoms with Gasteiger partial charge in [-0.2, -0.15) is 0 Å². The molecule has 0 aromatic heterocycles. The third-order valence-corrected chi connectivity index (χ3v) is 3.57. The highest BCUT2D eigenvalue weighted by Gasteiger charge is 2.13. The number of nitrogens with one attached hydrogen (secondary N) is 3. The minimum atomic E-state index is -0.292. The van der Waals surface area contributed by atoms with Crippen molar-refractivity contribution >= 4 is 17.6 Å². The van der Waals surface area contributed by atoms with Crippen molar-refractivity contribution in [2.75, 3.05) is 45.3 Å². The number of ether oxygens (including phenoxy) is 3. The number of guanidine groups is 1. The summed E-state index contributed by atoms with van der Waals surface area (Å²) >= 11 is 0. The fourth-order valence-electron chi connectivity index (χ4n) is 2.40. The van der Waals surface area contributed by atoms with Crippen LogP contribution in [0.2, 0.25) is 0 Å². The van der Waals surface area contributed by atoms with Gasteiger partial charge in [0.05, 0.1) is 19.3 Å². The van der Waals surface area contributed by atoms with Crippen molar-refractivity contribution in [2.45, 2.75) is 52.7 Å². The summed E-state index contributed by atoms with van der Waals surface area (Å²) in [6.07, 6.45) is 0.926. The van der Waals surface area contributed by atoms with E-state index in [0.29, 0.717) is 32.3 Å². The fraction of sp³-hybridized carbons (Fsp3) is 0.636. The lowest BCUT2D eigenvalue weighted by Gasteiger charge is -2.20. The summed E-state index contributed by atoms with van der Waals surface area (Å²) in [5.74, 6) is 1.21. The maximum Gasteiger partial charge on any atom is 0.242 e. The summed E-state index contributed by atoms with van der Waals surface area (Å²) < 4.78 is 16.1. The molecule has 0 aliphatic carbocycles. The Kier molecular flexibility index (Phi) is 11.8. The van der Waals surface area contributed by atoms with Crippen molar-refractivity contribution in [2.24, 2.45) is 4.99 Å². The lowest BCUT2D eigenvalue weighted by atomic mass is 10.1. The number of methoxy groups -OCH3 is 1. The Morgan fingerprint density at radius 1 is 1.10 bits per heavy atom. The number of carbonyl (C=O) groups is 1. The molecule has 0 saturated carbocycles. The second-order valence-corrected chi connectivity index (χ2v) is 8.16. The molecular weight excluding hydrogens is 384 g/mol. The second-order valence-electron chi connectivity index (χ2n) is 8.16. The predicted molar refractivity (Wildman–Crippen MR) is 121 cm³/mol. The zero-order valence-electron chi connectivity index (χ0n) is 19.2. The average molecular weight is 423 g/mol. The van der Waals surface area contributed by atoms with Crippen LogP contribution in [0, 0.1) is 0 Å². The summed E-state index contributed by atoms with van der Waals surface area (Å²) in [7, 11) is 1.65. The predicted octanol–water partition coefficient (Wildman–Crippen LogP) is 2.80. The van der Waals surface area contributed by atoms with E-state index in [1.807, 2.05) is 58.9 Å². The Morgan fingerprint density at radius 3 is 2.40 bits per heavy atom. The molecule has 1 aromatic rings. The van der Waals surface area contributed by atoms with Gasteiger partial charge in [-0.05, 0) is 65.3 Å². The number of hydrogen-bond acceptors (Lipinski definition) is 5. The Morgan fingerprint density at radius 2 is 1.80 bits per heavy atom. The van der Waals surface area contributed by atoms with Crippen LogP contribution in [0.4, 0.5) is 5.69 Å². The Labute approximate surface area is 180 Å². The minimum absolute atomic E-state index is 0.0332. The first kappa shape index (κ1) is 25.7. The van der Waals surface area contributed by atoms with Crippen molar-refractivity contribution in [1.82, 2.24) is 10.6 Å². The molecule has 0 atom stereocenters. The Hall–Kier alpha value is -2.32. The topological polar surface area (TPSA) is 93.2 Å². The Balaban J connectivity index is 2.64. The van der Waals surface area contributed by atoms with Crippen LogP contribution in [0.3, 0.4) is 0 Å². The highest BCUT2D eigenvalue weighted by atomic mass is 16.5. The zero-order valence-corrected chi connectivity index (χ0v) is 19.2. The highest BCUT2D eigenvalue weighted by Crippen LogP contribution is 2.16. The van der Waals surface area contributed by atoms with Gasteiger partial charge in [0.25, 0.3) is 0 Å². The molecule has 0 fully saturated rings. The molecule has 0 radical (unpaired) electrons. The molecule has 170 valence electrons. The molecule has 1 aromatic carbocycles. The second kappa shape index (κ2) is 13.8. The number of nitrogens with zero attached hydrogens (tertiary/aromatic N) is 1. The fourth-order valence-corrected chi connectivity index (χ4v) is 2.40. The first-order valence-corrected chi connectivity index (χ1v) is 10.4. The molecule has 3 N–H and O–H groups in total. The zero-order chi connectivity index (χ0) is 22.4. The largest absolute Gasteiger partial charge is 0.491 e. The van der Waals surface area contributed by atoms with E-state index in [2.05, 4.69) is 20.9 Å². The lowest BCUT2D eigenvalue weighted by Crippen LogP contribution is -2.42. The molecule has 0 heterocycles. The number of rotatable bonds is 12. The Bertz CT molecular complexity index is 640. The number of benzene rings is 1. The van der Waals surface area contributed by atoms with Gasteiger partial charge >= 0.3 is 0 Å². The monoisotopic (exact) mass is 422 g/mol. The number of carbonyl (C=O) groups excluding carboxylic acids is 1. The summed E-state index contributed by atoms with van der Waals surface area (Å²) in [4.78, 5) is 16.5. The molecule has 8 nitrogen and oxygen atoms in total. The van der Waals surface area contributed by atoms with Crippen LogP contribution in [-0.2, 0) is 14.3 Å². The van der Waals surface area contributed by atoms with Crippen LogP contribution in [-0.4, -0.2) is 63.5 Å². The van der Waals surface area contributed by atoms with Crippen molar-refractivity contribution < 1.29 is 19.0 Å². The minimum Gasteiger partial charge on any atom is -0.491 e. The average Bonchev–Trinajstić information content (AvgIpc) is 2.65. The number of hydrogen-bond donors (Lipinski definition) is 3. The van der Waals surface area contributed by atoms with Crippen LogP contribution in [0.25, 0.3) is 0 Å². The van der Waals surface area contributed by atoms with Crippen molar-refractivity contribution in [3.63, 3.8) is 0 Å². The number of amides is 1. The molecular formula is C22H38N4O4. The summed E-state index contributed by atoms with van der Waals surface area (Å²) in [6.45, 7) is 12.3. The summed E-state index contributed by atoms with van der Waals surface area (Å²) in [5.41, 5.74) is 0.560. The number of aliphatic imine (C=N–C) groups is 1. The molecule has 0 aliphatic heterocycles. The smallest absolute Gasteiger partial charge is 0.242 e. The van der Waals surface area contributed by atoms with E-state index in [1.165, 1.54) is 0 Å². The van der Waals surface area contributed by atoms with Crippen LogP contribution in [0.15, 0.2) is 29.3 Å². The molecule has 1 rings (SSSR count).